The third-order valence-electron chi connectivity index (χ3n) is 5.76. The molecule has 2 bridgehead atoms. The van der Waals surface area contributed by atoms with Gasteiger partial charge in [-0.15, -0.1) is 10.9 Å². The van der Waals surface area contributed by atoms with Gasteiger partial charge >= 0.3 is 0 Å². The van der Waals surface area contributed by atoms with Crippen LogP contribution in [0.15, 0.2) is 24.3 Å². The SMILES string of the molecule is C=CCOCC(COCCC1=CCC2CC1C2(C)C)OCCS(=O)(=O)OO. The van der Waals surface area contributed by atoms with Crippen molar-refractivity contribution in [3.63, 3.8) is 0 Å². The Morgan fingerprint density at radius 2 is 2.07 bits per heavy atom. The van der Waals surface area contributed by atoms with Gasteiger partial charge in [0.15, 0.2) is 0 Å². The van der Waals surface area contributed by atoms with Crippen LogP contribution in [0, 0.1) is 17.3 Å². The summed E-state index contributed by atoms with van der Waals surface area (Å²) in [5.41, 5.74) is 1.91. The van der Waals surface area contributed by atoms with Crippen molar-refractivity contribution in [1.29, 1.82) is 0 Å². The number of ether oxygens (including phenoxy) is 3. The Kier molecular flexibility index (Phi) is 8.45. The predicted octanol–water partition coefficient (Wildman–Crippen LogP) is 2.79. The summed E-state index contributed by atoms with van der Waals surface area (Å²) in [5, 5.41) is 8.28. The maximum atomic E-state index is 11.1. The van der Waals surface area contributed by atoms with E-state index in [0.29, 0.717) is 31.2 Å². The molecule has 27 heavy (non-hydrogen) atoms. The molecule has 3 atom stereocenters. The van der Waals surface area contributed by atoms with Crippen molar-refractivity contribution in [2.75, 3.05) is 38.8 Å². The van der Waals surface area contributed by atoms with Crippen molar-refractivity contribution in [1.82, 2.24) is 0 Å². The molecule has 0 aromatic rings. The molecule has 0 spiro atoms. The third kappa shape index (κ3) is 6.37. The third-order valence-corrected chi connectivity index (χ3v) is 6.66. The number of rotatable bonds is 14. The molecule has 156 valence electrons. The van der Waals surface area contributed by atoms with Gasteiger partial charge in [-0.25, -0.2) is 5.26 Å². The Morgan fingerprint density at radius 1 is 1.33 bits per heavy atom. The highest BCUT2D eigenvalue weighted by molar-refractivity contribution is 7.86. The lowest BCUT2D eigenvalue weighted by Crippen LogP contribution is -2.48. The lowest BCUT2D eigenvalue weighted by atomic mass is 9.48. The zero-order valence-corrected chi connectivity index (χ0v) is 17.1. The average Bonchev–Trinajstić information content (AvgIpc) is 2.64. The molecule has 0 aliphatic heterocycles. The second-order valence-electron chi connectivity index (χ2n) is 7.80. The topological polar surface area (TPSA) is 91.3 Å². The van der Waals surface area contributed by atoms with Gasteiger partial charge in [-0.05, 0) is 36.5 Å². The van der Waals surface area contributed by atoms with Crippen molar-refractivity contribution in [2.45, 2.75) is 39.2 Å². The van der Waals surface area contributed by atoms with Gasteiger partial charge in [-0.2, -0.15) is 8.42 Å². The standard InChI is InChI=1S/C19H32O7S/c1-4-8-23-13-17(25-10-11-27(21,22)26-20)14-24-9-7-15-5-6-16-12-18(15)19(16,2)3/h4-5,16-18,20H,1,6-14H2,2-3H3. The van der Waals surface area contributed by atoms with Crippen LogP contribution in [0.1, 0.15) is 33.1 Å². The van der Waals surface area contributed by atoms with E-state index in [1.807, 2.05) is 0 Å². The van der Waals surface area contributed by atoms with Crippen molar-refractivity contribution < 1.29 is 32.2 Å². The van der Waals surface area contributed by atoms with Gasteiger partial charge in [0.2, 0.25) is 0 Å². The first kappa shape index (κ1) is 22.5. The molecule has 3 rings (SSSR count). The lowest BCUT2D eigenvalue weighted by Gasteiger charge is -2.56. The van der Waals surface area contributed by atoms with Gasteiger partial charge in [0, 0.05) is 0 Å². The number of hydrogen-bond donors (Lipinski definition) is 1. The molecule has 0 heterocycles. The molecule has 0 aromatic carbocycles. The molecular weight excluding hydrogens is 372 g/mol. The Morgan fingerprint density at radius 3 is 2.70 bits per heavy atom. The molecular formula is C19H32O7S. The van der Waals surface area contributed by atoms with Gasteiger partial charge < -0.3 is 14.2 Å². The molecule has 3 aliphatic rings. The van der Waals surface area contributed by atoms with Crippen LogP contribution in [0.5, 0.6) is 0 Å². The van der Waals surface area contributed by atoms with E-state index in [4.69, 9.17) is 19.5 Å². The first-order valence-electron chi connectivity index (χ1n) is 9.42. The van der Waals surface area contributed by atoms with E-state index in [1.54, 1.807) is 6.08 Å². The summed E-state index contributed by atoms with van der Waals surface area (Å²) in [6.07, 6.45) is 6.97. The largest absolute Gasteiger partial charge is 0.378 e. The maximum Gasteiger partial charge on any atom is 0.295 e. The van der Waals surface area contributed by atoms with Crippen molar-refractivity contribution in [2.24, 2.45) is 17.3 Å². The predicted molar refractivity (Wildman–Crippen MR) is 102 cm³/mol. The summed E-state index contributed by atoms with van der Waals surface area (Å²) in [4.78, 5) is 0. The zero-order valence-electron chi connectivity index (χ0n) is 16.3. The van der Waals surface area contributed by atoms with Gasteiger partial charge in [0.25, 0.3) is 10.1 Å². The van der Waals surface area contributed by atoms with Crippen LogP contribution < -0.4 is 0 Å². The summed E-state index contributed by atoms with van der Waals surface area (Å²) >= 11 is 0. The van der Waals surface area contributed by atoms with Gasteiger partial charge in [0.1, 0.15) is 11.9 Å². The average molecular weight is 405 g/mol. The number of allylic oxidation sites excluding steroid dienone is 1. The Balaban J connectivity index is 1.71. The van der Waals surface area contributed by atoms with Crippen molar-refractivity contribution in [3.05, 3.63) is 24.3 Å². The van der Waals surface area contributed by atoms with Crippen molar-refractivity contribution >= 4 is 10.1 Å². The zero-order chi connectivity index (χ0) is 19.9. The van der Waals surface area contributed by atoms with Crippen LogP contribution in [0.25, 0.3) is 0 Å². The van der Waals surface area contributed by atoms with E-state index >= 15 is 0 Å². The van der Waals surface area contributed by atoms with Crippen LogP contribution in [0.4, 0.5) is 0 Å². The molecule has 3 aliphatic carbocycles. The van der Waals surface area contributed by atoms with Gasteiger partial charge in [-0.3, -0.25) is 0 Å². The molecule has 3 unspecified atom stereocenters. The smallest absolute Gasteiger partial charge is 0.295 e. The molecule has 0 amide bonds. The second-order valence-corrected chi connectivity index (χ2v) is 9.47. The monoisotopic (exact) mass is 404 g/mol. The maximum absolute atomic E-state index is 11.1. The first-order chi connectivity index (χ1) is 12.8. The molecule has 8 heteroatoms. The molecule has 0 radical (unpaired) electrons. The fourth-order valence-electron chi connectivity index (χ4n) is 3.94. The summed E-state index contributed by atoms with van der Waals surface area (Å²) in [6.45, 7) is 9.73. The molecule has 0 aromatic heterocycles. The molecule has 7 nitrogen and oxygen atoms in total. The van der Waals surface area contributed by atoms with Gasteiger partial charge in [-0.1, -0.05) is 31.6 Å². The van der Waals surface area contributed by atoms with Crippen LogP contribution in [0.3, 0.4) is 0 Å². The summed E-state index contributed by atoms with van der Waals surface area (Å²) in [7, 11) is -3.97. The first-order valence-corrected chi connectivity index (χ1v) is 11.0. The molecule has 0 saturated heterocycles. The van der Waals surface area contributed by atoms with Crippen LogP contribution in [0.2, 0.25) is 0 Å². The molecule has 1 saturated carbocycles. The van der Waals surface area contributed by atoms with E-state index in [9.17, 15) is 8.42 Å². The minimum atomic E-state index is -3.97. The fraction of sp³-hybridized carbons (Fsp3) is 0.789. The number of hydrogen-bond acceptors (Lipinski definition) is 7. The molecule has 1 fully saturated rings. The fourth-order valence-corrected chi connectivity index (χ4v) is 4.32. The lowest BCUT2D eigenvalue weighted by molar-refractivity contribution is -0.131. The van der Waals surface area contributed by atoms with Crippen LogP contribution in [-0.2, 0) is 28.7 Å². The highest BCUT2D eigenvalue weighted by atomic mass is 32.2. The quantitative estimate of drug-likeness (QED) is 0.206. The van der Waals surface area contributed by atoms with E-state index < -0.39 is 22.0 Å². The van der Waals surface area contributed by atoms with Crippen LogP contribution >= 0.6 is 0 Å². The highest BCUT2D eigenvalue weighted by Gasteiger charge is 2.50. The Bertz CT molecular complexity index is 612. The molecule has 1 N–H and O–H groups in total. The van der Waals surface area contributed by atoms with E-state index in [2.05, 4.69) is 30.8 Å². The summed E-state index contributed by atoms with van der Waals surface area (Å²) in [5.74, 6) is 1.06. The highest BCUT2D eigenvalue weighted by Crippen LogP contribution is 2.59. The normalized spacial score (nSPS) is 24.8. The van der Waals surface area contributed by atoms with Crippen molar-refractivity contribution in [3.8, 4) is 0 Å². The summed E-state index contributed by atoms with van der Waals surface area (Å²) < 4.78 is 42.4. The minimum Gasteiger partial charge on any atom is -0.378 e. The minimum absolute atomic E-state index is 0.114. The Hall–Kier alpha value is -0.770. The van der Waals surface area contributed by atoms with E-state index in [-0.39, 0.29) is 13.2 Å². The number of fused-ring (bicyclic) bond motifs is 1. The van der Waals surface area contributed by atoms with Gasteiger partial charge in [0.05, 0.1) is 33.0 Å². The van der Waals surface area contributed by atoms with E-state index in [0.717, 1.165) is 12.3 Å². The van der Waals surface area contributed by atoms with Crippen LogP contribution in [-0.4, -0.2) is 58.6 Å². The summed E-state index contributed by atoms with van der Waals surface area (Å²) in [6, 6.07) is 0. The van der Waals surface area contributed by atoms with E-state index in [1.165, 1.54) is 18.4 Å². The Labute approximate surface area is 162 Å². The second kappa shape index (κ2) is 10.1.